The van der Waals surface area contributed by atoms with Gasteiger partial charge in [0.25, 0.3) is 0 Å². The minimum Gasteiger partial charge on any atom is -0.480 e. The first-order valence-electron chi connectivity index (χ1n) is 5.07. The van der Waals surface area contributed by atoms with Crippen molar-refractivity contribution in [2.24, 2.45) is 11.1 Å². The van der Waals surface area contributed by atoms with Crippen molar-refractivity contribution in [1.82, 2.24) is 10.6 Å². The van der Waals surface area contributed by atoms with Crippen LogP contribution in [-0.4, -0.2) is 43.9 Å². The molecule has 0 saturated heterocycles. The zero-order valence-electron chi connectivity index (χ0n) is 9.05. The molecule has 0 radical (unpaired) electrons. The van der Waals surface area contributed by atoms with E-state index in [1.807, 2.05) is 0 Å². The molecular formula is C8H15N3O5S. The van der Waals surface area contributed by atoms with Crippen LogP contribution >= 0.6 is 0 Å². The van der Waals surface area contributed by atoms with Gasteiger partial charge in [-0.2, -0.15) is 0 Å². The fraction of sp³-hybridized carbons (Fsp3) is 0.750. The van der Waals surface area contributed by atoms with E-state index < -0.39 is 28.1 Å². The van der Waals surface area contributed by atoms with E-state index in [1.165, 1.54) is 0 Å². The van der Waals surface area contributed by atoms with E-state index in [4.69, 9.17) is 10.2 Å². The molecule has 1 aliphatic rings. The topological polar surface area (TPSA) is 139 Å². The van der Waals surface area contributed by atoms with Crippen LogP contribution in [0.2, 0.25) is 0 Å². The molecule has 1 unspecified atom stereocenters. The summed E-state index contributed by atoms with van der Waals surface area (Å²) in [4.78, 5) is 22.0. The maximum Gasteiger partial charge on any atom is 0.326 e. The molecule has 0 aliphatic heterocycles. The summed E-state index contributed by atoms with van der Waals surface area (Å²) in [6.45, 7) is -0.151. The van der Waals surface area contributed by atoms with Crippen molar-refractivity contribution in [2.45, 2.75) is 18.9 Å². The van der Waals surface area contributed by atoms with E-state index in [0.29, 0.717) is 0 Å². The predicted octanol–water partition coefficient (Wildman–Crippen LogP) is -1.56. The van der Waals surface area contributed by atoms with Gasteiger partial charge in [0.2, 0.25) is 10.0 Å². The van der Waals surface area contributed by atoms with Crippen LogP contribution < -0.4 is 15.8 Å². The predicted molar refractivity (Wildman–Crippen MR) is 58.7 cm³/mol. The molecule has 9 heteroatoms. The highest BCUT2D eigenvalue weighted by molar-refractivity contribution is 7.89. The number of carboxylic acids is 1. The first-order chi connectivity index (χ1) is 7.79. The van der Waals surface area contributed by atoms with Crippen molar-refractivity contribution in [3.63, 3.8) is 0 Å². The second-order valence-electron chi connectivity index (χ2n) is 3.92. The molecule has 0 heterocycles. The number of rotatable bonds is 6. The van der Waals surface area contributed by atoms with Gasteiger partial charge < -0.3 is 15.7 Å². The number of carbonyl (C=O) groups excluding carboxylic acids is 1. The summed E-state index contributed by atoms with van der Waals surface area (Å²) < 4.78 is 21.1. The Bertz CT molecular complexity index is 403. The summed E-state index contributed by atoms with van der Waals surface area (Å²) in [7, 11) is -3.63. The number of carboxylic acid groups (broad SMARTS) is 1. The molecule has 1 fully saturated rings. The Morgan fingerprint density at radius 3 is 2.41 bits per heavy atom. The van der Waals surface area contributed by atoms with Crippen LogP contribution in [0.1, 0.15) is 12.8 Å². The van der Waals surface area contributed by atoms with Crippen LogP contribution in [0.5, 0.6) is 0 Å². The summed E-state index contributed by atoms with van der Waals surface area (Å²) in [5.74, 6) is -1.51. The lowest BCUT2D eigenvalue weighted by atomic mass is 10.2. The van der Waals surface area contributed by atoms with Gasteiger partial charge in [-0.1, -0.05) is 0 Å². The van der Waals surface area contributed by atoms with E-state index >= 15 is 0 Å². The summed E-state index contributed by atoms with van der Waals surface area (Å²) >= 11 is 0. The summed E-state index contributed by atoms with van der Waals surface area (Å²) in [5, 5.41) is 18.1. The fourth-order valence-electron chi connectivity index (χ4n) is 1.31. The second-order valence-corrected chi connectivity index (χ2v) is 5.65. The highest BCUT2D eigenvalue weighted by atomic mass is 32.2. The fourth-order valence-corrected chi connectivity index (χ4v) is 1.70. The third-order valence-corrected chi connectivity index (χ3v) is 3.09. The molecule has 17 heavy (non-hydrogen) atoms. The van der Waals surface area contributed by atoms with Gasteiger partial charge in [-0.15, -0.1) is 0 Å². The number of amides is 2. The lowest BCUT2D eigenvalue weighted by Crippen LogP contribution is -2.48. The second kappa shape index (κ2) is 5.32. The number of urea groups is 1. The molecule has 1 atom stereocenters. The van der Waals surface area contributed by atoms with Crippen LogP contribution in [0.15, 0.2) is 0 Å². The van der Waals surface area contributed by atoms with Gasteiger partial charge in [-0.05, 0) is 18.8 Å². The zero-order chi connectivity index (χ0) is 13.1. The molecule has 5 N–H and O–H groups in total. The Labute approximate surface area is 98.6 Å². The highest BCUT2D eigenvalue weighted by Crippen LogP contribution is 2.32. The number of nitrogens with one attached hydrogen (secondary N) is 2. The van der Waals surface area contributed by atoms with Crippen LogP contribution in [0.3, 0.4) is 0 Å². The Balaban J connectivity index is 2.30. The van der Waals surface area contributed by atoms with Crippen molar-refractivity contribution in [2.75, 3.05) is 12.3 Å². The van der Waals surface area contributed by atoms with Crippen LogP contribution in [0.4, 0.5) is 4.79 Å². The lowest BCUT2D eigenvalue weighted by Gasteiger charge is -2.13. The molecule has 8 nitrogen and oxygen atoms in total. The number of sulfonamides is 1. The molecule has 0 spiro atoms. The van der Waals surface area contributed by atoms with E-state index in [0.717, 1.165) is 12.8 Å². The molecule has 0 aromatic heterocycles. The number of hydrogen-bond acceptors (Lipinski definition) is 4. The van der Waals surface area contributed by atoms with Crippen LogP contribution in [0.25, 0.3) is 0 Å². The number of primary sulfonamides is 1. The maximum absolute atomic E-state index is 11.3. The average molecular weight is 265 g/mol. The van der Waals surface area contributed by atoms with Crippen molar-refractivity contribution in [3.05, 3.63) is 0 Å². The molecule has 0 aromatic carbocycles. The summed E-state index contributed by atoms with van der Waals surface area (Å²) in [5.41, 5.74) is 0. The normalized spacial score (nSPS) is 17.2. The molecule has 98 valence electrons. The lowest BCUT2D eigenvalue weighted by molar-refractivity contribution is -0.139. The molecule has 2 amide bonds. The van der Waals surface area contributed by atoms with Gasteiger partial charge in [-0.25, -0.2) is 23.1 Å². The first-order valence-corrected chi connectivity index (χ1v) is 6.79. The first kappa shape index (κ1) is 13.7. The SMILES string of the molecule is NS(=O)(=O)CCNC(=O)NC(C(=O)O)C1CC1. The number of hydrogen-bond donors (Lipinski definition) is 4. The number of aliphatic carboxylic acids is 1. The molecule has 1 saturated carbocycles. The van der Waals surface area contributed by atoms with E-state index in [-0.39, 0.29) is 18.2 Å². The number of carbonyl (C=O) groups is 2. The third kappa shape index (κ3) is 5.50. The van der Waals surface area contributed by atoms with Crippen LogP contribution in [0, 0.1) is 5.92 Å². The van der Waals surface area contributed by atoms with Gasteiger partial charge in [0.1, 0.15) is 6.04 Å². The smallest absolute Gasteiger partial charge is 0.326 e. The minimum absolute atomic E-state index is 0.0310. The molecule has 0 bridgehead atoms. The van der Waals surface area contributed by atoms with Gasteiger partial charge in [0.05, 0.1) is 5.75 Å². The molecule has 1 rings (SSSR count). The standard InChI is InChI=1S/C8H15N3O5S/c9-17(15,16)4-3-10-8(14)11-6(7(12)13)5-1-2-5/h5-6H,1-4H2,(H,12,13)(H2,9,15,16)(H2,10,11,14). The van der Waals surface area contributed by atoms with Crippen molar-refractivity contribution in [3.8, 4) is 0 Å². The Hall–Kier alpha value is -1.35. The Morgan fingerprint density at radius 1 is 1.41 bits per heavy atom. The van der Waals surface area contributed by atoms with Crippen LogP contribution in [-0.2, 0) is 14.8 Å². The Kier molecular flexibility index (Phi) is 4.29. The quantitative estimate of drug-likeness (QED) is 0.460. The number of nitrogens with two attached hydrogens (primary N) is 1. The monoisotopic (exact) mass is 265 g/mol. The van der Waals surface area contributed by atoms with E-state index in [9.17, 15) is 18.0 Å². The van der Waals surface area contributed by atoms with Gasteiger partial charge in [0, 0.05) is 6.54 Å². The highest BCUT2D eigenvalue weighted by Gasteiger charge is 2.37. The maximum atomic E-state index is 11.3. The van der Waals surface area contributed by atoms with Crippen molar-refractivity contribution in [1.29, 1.82) is 0 Å². The van der Waals surface area contributed by atoms with Crippen molar-refractivity contribution < 1.29 is 23.1 Å². The minimum atomic E-state index is -3.63. The van der Waals surface area contributed by atoms with Gasteiger partial charge in [-0.3, -0.25) is 0 Å². The van der Waals surface area contributed by atoms with E-state index in [1.54, 1.807) is 0 Å². The summed E-state index contributed by atoms with van der Waals surface area (Å²) in [6, 6.07) is -1.61. The molecule has 1 aliphatic carbocycles. The van der Waals surface area contributed by atoms with Gasteiger partial charge in [0.15, 0.2) is 0 Å². The van der Waals surface area contributed by atoms with Crippen molar-refractivity contribution >= 4 is 22.0 Å². The third-order valence-electron chi connectivity index (χ3n) is 2.32. The summed E-state index contributed by atoms with van der Waals surface area (Å²) in [6.07, 6.45) is 1.54. The zero-order valence-corrected chi connectivity index (χ0v) is 9.87. The Morgan fingerprint density at radius 2 is 2.00 bits per heavy atom. The molecule has 0 aromatic rings. The van der Waals surface area contributed by atoms with E-state index in [2.05, 4.69) is 10.6 Å². The van der Waals surface area contributed by atoms with Gasteiger partial charge >= 0.3 is 12.0 Å². The largest absolute Gasteiger partial charge is 0.480 e. The average Bonchev–Trinajstić information content (AvgIpc) is 2.94. The molecular weight excluding hydrogens is 250 g/mol.